The van der Waals surface area contributed by atoms with Crippen molar-refractivity contribution >= 4 is 10.8 Å². The van der Waals surface area contributed by atoms with E-state index in [2.05, 4.69) is 29.1 Å². The highest BCUT2D eigenvalue weighted by Crippen LogP contribution is 2.28. The smallest absolute Gasteiger partial charge is 0.0672 e. The molecule has 1 atom stereocenters. The topological polar surface area (TPSA) is 56.7 Å². The number of fused-ring (bicyclic) bond motifs is 1. The lowest BCUT2D eigenvalue weighted by molar-refractivity contribution is 0.746. The Morgan fingerprint density at radius 3 is 2.80 bits per heavy atom. The van der Waals surface area contributed by atoms with Gasteiger partial charge in [0.2, 0.25) is 0 Å². The van der Waals surface area contributed by atoms with Gasteiger partial charge in [0.15, 0.2) is 0 Å². The van der Waals surface area contributed by atoms with Gasteiger partial charge in [0.25, 0.3) is 0 Å². The highest BCUT2D eigenvalue weighted by molar-refractivity contribution is 5.85. The molecule has 0 amide bonds. The molecule has 0 radical (unpaired) electrons. The van der Waals surface area contributed by atoms with Gasteiger partial charge < -0.3 is 5.73 Å². The molecule has 2 heterocycles. The molecule has 2 aromatic heterocycles. The van der Waals surface area contributed by atoms with Crippen molar-refractivity contribution in [1.82, 2.24) is 14.8 Å². The number of pyridine rings is 1. The molecule has 20 heavy (non-hydrogen) atoms. The molecule has 0 aliphatic rings. The molecule has 0 aliphatic carbocycles. The summed E-state index contributed by atoms with van der Waals surface area (Å²) in [5, 5.41) is 6.74. The molecule has 0 saturated heterocycles. The fraction of sp³-hybridized carbons (Fsp3) is 0.250. The van der Waals surface area contributed by atoms with Crippen LogP contribution < -0.4 is 5.73 Å². The lowest BCUT2D eigenvalue weighted by atomic mass is 9.96. The highest BCUT2D eigenvalue weighted by atomic mass is 15.3. The minimum absolute atomic E-state index is 0.197. The van der Waals surface area contributed by atoms with E-state index in [-0.39, 0.29) is 6.04 Å². The molecule has 0 saturated carbocycles. The molecule has 2 N–H and O–H groups in total. The van der Waals surface area contributed by atoms with Crippen molar-refractivity contribution in [3.05, 3.63) is 59.7 Å². The Morgan fingerprint density at radius 1 is 1.20 bits per heavy atom. The third kappa shape index (κ3) is 2.08. The Kier molecular flexibility index (Phi) is 3.24. The van der Waals surface area contributed by atoms with Gasteiger partial charge in [0, 0.05) is 36.6 Å². The quantitative estimate of drug-likeness (QED) is 0.792. The SMILES string of the molecule is CCc1nn(C)cc1C(N)c1cncc2ccccc12. The fourth-order valence-electron chi connectivity index (χ4n) is 2.64. The van der Waals surface area contributed by atoms with Gasteiger partial charge in [-0.3, -0.25) is 9.67 Å². The summed E-state index contributed by atoms with van der Waals surface area (Å²) in [6.07, 6.45) is 6.61. The van der Waals surface area contributed by atoms with Gasteiger partial charge in [-0.2, -0.15) is 5.10 Å². The molecule has 0 aliphatic heterocycles. The number of nitrogens with two attached hydrogens (primary N) is 1. The zero-order valence-corrected chi connectivity index (χ0v) is 11.7. The Balaban J connectivity index is 2.15. The standard InChI is InChI=1S/C16H18N4/c1-3-15-14(10-20(2)19-15)16(17)13-9-18-8-11-6-4-5-7-12(11)13/h4-10,16H,3,17H2,1-2H3. The summed E-state index contributed by atoms with van der Waals surface area (Å²) >= 11 is 0. The van der Waals surface area contributed by atoms with Crippen molar-refractivity contribution in [3.63, 3.8) is 0 Å². The lowest BCUT2D eigenvalue weighted by Gasteiger charge is -2.14. The molecule has 0 bridgehead atoms. The molecular weight excluding hydrogens is 248 g/mol. The maximum absolute atomic E-state index is 6.48. The zero-order chi connectivity index (χ0) is 14.1. The largest absolute Gasteiger partial charge is 0.320 e. The van der Waals surface area contributed by atoms with Crippen LogP contribution in [0.4, 0.5) is 0 Å². The highest BCUT2D eigenvalue weighted by Gasteiger charge is 2.18. The van der Waals surface area contributed by atoms with E-state index in [9.17, 15) is 0 Å². The molecule has 1 aromatic carbocycles. The molecular formula is C16H18N4. The van der Waals surface area contributed by atoms with Crippen LogP contribution in [0, 0.1) is 0 Å². The minimum atomic E-state index is -0.197. The van der Waals surface area contributed by atoms with Crippen LogP contribution in [0.5, 0.6) is 0 Å². The van der Waals surface area contributed by atoms with Crippen molar-refractivity contribution in [1.29, 1.82) is 0 Å². The monoisotopic (exact) mass is 266 g/mol. The number of aryl methyl sites for hydroxylation is 2. The van der Waals surface area contributed by atoms with Crippen LogP contribution in [0.15, 0.2) is 42.9 Å². The van der Waals surface area contributed by atoms with Gasteiger partial charge in [-0.1, -0.05) is 31.2 Å². The normalized spacial score (nSPS) is 12.8. The third-order valence-corrected chi connectivity index (χ3v) is 3.64. The van der Waals surface area contributed by atoms with E-state index in [1.54, 1.807) is 0 Å². The zero-order valence-electron chi connectivity index (χ0n) is 11.7. The second-order valence-corrected chi connectivity index (χ2v) is 4.99. The van der Waals surface area contributed by atoms with Crippen molar-refractivity contribution in [2.24, 2.45) is 12.8 Å². The summed E-state index contributed by atoms with van der Waals surface area (Å²) < 4.78 is 1.83. The summed E-state index contributed by atoms with van der Waals surface area (Å²) in [5.74, 6) is 0. The van der Waals surface area contributed by atoms with Gasteiger partial charge in [0.1, 0.15) is 0 Å². The first-order chi connectivity index (χ1) is 9.70. The number of aromatic nitrogens is 3. The van der Waals surface area contributed by atoms with Gasteiger partial charge in [-0.15, -0.1) is 0 Å². The van der Waals surface area contributed by atoms with Gasteiger partial charge in [-0.25, -0.2) is 0 Å². The number of benzene rings is 1. The van der Waals surface area contributed by atoms with Crippen molar-refractivity contribution in [3.8, 4) is 0 Å². The molecule has 0 fully saturated rings. The van der Waals surface area contributed by atoms with Crippen LogP contribution in [0.3, 0.4) is 0 Å². The molecule has 4 nitrogen and oxygen atoms in total. The summed E-state index contributed by atoms with van der Waals surface area (Å²) in [6.45, 7) is 2.10. The molecule has 1 unspecified atom stereocenters. The van der Waals surface area contributed by atoms with Crippen molar-refractivity contribution in [2.45, 2.75) is 19.4 Å². The van der Waals surface area contributed by atoms with Gasteiger partial charge in [0.05, 0.1) is 11.7 Å². The van der Waals surface area contributed by atoms with Crippen molar-refractivity contribution in [2.75, 3.05) is 0 Å². The molecule has 3 aromatic rings. The fourth-order valence-corrected chi connectivity index (χ4v) is 2.64. The van der Waals surface area contributed by atoms with E-state index in [1.807, 2.05) is 42.5 Å². The number of nitrogens with zero attached hydrogens (tertiary/aromatic N) is 3. The van der Waals surface area contributed by atoms with Gasteiger partial charge in [-0.05, 0) is 17.4 Å². The Labute approximate surface area is 118 Å². The second kappa shape index (κ2) is 5.06. The first-order valence-electron chi connectivity index (χ1n) is 6.81. The Bertz CT molecular complexity index is 740. The first kappa shape index (κ1) is 12.8. The van der Waals surface area contributed by atoms with Crippen LogP contribution in [-0.2, 0) is 13.5 Å². The minimum Gasteiger partial charge on any atom is -0.320 e. The Morgan fingerprint density at radius 2 is 2.00 bits per heavy atom. The van der Waals surface area contributed by atoms with Crippen LogP contribution in [-0.4, -0.2) is 14.8 Å². The molecule has 3 rings (SSSR count). The summed E-state index contributed by atoms with van der Waals surface area (Å²) in [7, 11) is 1.93. The molecule has 4 heteroatoms. The number of hydrogen-bond acceptors (Lipinski definition) is 3. The lowest BCUT2D eigenvalue weighted by Crippen LogP contribution is -2.13. The van der Waals surface area contributed by atoms with E-state index in [1.165, 1.54) is 0 Å². The second-order valence-electron chi connectivity index (χ2n) is 4.99. The van der Waals surface area contributed by atoms with E-state index in [4.69, 9.17) is 5.73 Å². The third-order valence-electron chi connectivity index (χ3n) is 3.64. The maximum atomic E-state index is 6.48. The molecule has 0 spiro atoms. The van der Waals surface area contributed by atoms with Crippen LogP contribution in [0.1, 0.15) is 29.8 Å². The predicted molar refractivity (Wildman–Crippen MR) is 80.4 cm³/mol. The molecule has 102 valence electrons. The number of hydrogen-bond donors (Lipinski definition) is 1. The Hall–Kier alpha value is -2.20. The summed E-state index contributed by atoms with van der Waals surface area (Å²) in [4.78, 5) is 4.31. The van der Waals surface area contributed by atoms with E-state index in [0.717, 1.165) is 34.0 Å². The maximum Gasteiger partial charge on any atom is 0.0672 e. The number of rotatable bonds is 3. The van der Waals surface area contributed by atoms with Gasteiger partial charge >= 0.3 is 0 Å². The average Bonchev–Trinajstić information content (AvgIpc) is 2.87. The first-order valence-corrected chi connectivity index (χ1v) is 6.81. The van der Waals surface area contributed by atoms with E-state index >= 15 is 0 Å². The van der Waals surface area contributed by atoms with Crippen LogP contribution >= 0.6 is 0 Å². The van der Waals surface area contributed by atoms with E-state index < -0.39 is 0 Å². The van der Waals surface area contributed by atoms with Crippen molar-refractivity contribution < 1.29 is 0 Å². The van der Waals surface area contributed by atoms with E-state index in [0.29, 0.717) is 0 Å². The average molecular weight is 266 g/mol. The van der Waals surface area contributed by atoms with Crippen LogP contribution in [0.25, 0.3) is 10.8 Å². The predicted octanol–water partition coefficient (Wildman–Crippen LogP) is 2.58. The van der Waals surface area contributed by atoms with Crippen LogP contribution in [0.2, 0.25) is 0 Å². The summed E-state index contributed by atoms with van der Waals surface area (Å²) in [5.41, 5.74) is 9.65. The summed E-state index contributed by atoms with van der Waals surface area (Å²) in [6, 6.07) is 8.00.